The number of hydrogen-bond donors (Lipinski definition) is 2. The molecule has 0 aliphatic heterocycles. The summed E-state index contributed by atoms with van der Waals surface area (Å²) in [6.45, 7) is 2.05. The summed E-state index contributed by atoms with van der Waals surface area (Å²) in [7, 11) is 1.89. The zero-order chi connectivity index (χ0) is 14.0. The molecule has 6 heteroatoms. The number of amides is 1. The number of nitrogens with zero attached hydrogens (tertiary/aromatic N) is 2. The summed E-state index contributed by atoms with van der Waals surface area (Å²) in [5.41, 5.74) is 7.33. The minimum atomic E-state index is -0.511. The third-order valence-electron chi connectivity index (χ3n) is 3.02. The smallest absolute Gasteiger partial charge is 0.251 e. The van der Waals surface area contributed by atoms with E-state index in [1.54, 1.807) is 6.20 Å². The first-order valence-electron chi connectivity index (χ1n) is 5.84. The molecule has 2 rings (SSSR count). The van der Waals surface area contributed by atoms with Gasteiger partial charge in [-0.1, -0.05) is 17.7 Å². The Kier molecular flexibility index (Phi) is 3.87. The number of halogens is 1. The maximum Gasteiger partial charge on any atom is 0.251 e. The molecule has 1 aromatic carbocycles. The first-order chi connectivity index (χ1) is 9.02. The Balaban J connectivity index is 2.37. The van der Waals surface area contributed by atoms with Crippen LogP contribution in [-0.2, 0) is 0 Å². The van der Waals surface area contributed by atoms with E-state index in [9.17, 15) is 4.79 Å². The first kappa shape index (κ1) is 13.6. The molecule has 1 amide bonds. The van der Waals surface area contributed by atoms with Gasteiger partial charge < -0.3 is 11.1 Å². The number of aromatic nitrogens is 2. The van der Waals surface area contributed by atoms with Gasteiger partial charge in [-0.3, -0.25) is 4.79 Å². The number of carbonyl (C=O) groups excluding carboxylic acids is 1. The molecule has 0 radical (unpaired) electrons. The van der Waals surface area contributed by atoms with Crippen molar-refractivity contribution in [2.45, 2.75) is 13.0 Å². The van der Waals surface area contributed by atoms with Crippen molar-refractivity contribution in [3.63, 3.8) is 0 Å². The number of primary amides is 1. The Labute approximate surface area is 116 Å². The average molecular weight is 279 g/mol. The SMILES string of the molecule is CNC(C)c1ccc(-n2cc(C(N)=O)cn2)c(Cl)c1. The van der Waals surface area contributed by atoms with Gasteiger partial charge in [-0.15, -0.1) is 0 Å². The fourth-order valence-electron chi connectivity index (χ4n) is 1.73. The van der Waals surface area contributed by atoms with Gasteiger partial charge in [0.1, 0.15) is 0 Å². The van der Waals surface area contributed by atoms with E-state index in [2.05, 4.69) is 10.4 Å². The van der Waals surface area contributed by atoms with Gasteiger partial charge in [0.25, 0.3) is 5.91 Å². The third-order valence-corrected chi connectivity index (χ3v) is 3.32. The van der Waals surface area contributed by atoms with Gasteiger partial charge in [-0.2, -0.15) is 5.10 Å². The lowest BCUT2D eigenvalue weighted by atomic mass is 10.1. The summed E-state index contributed by atoms with van der Waals surface area (Å²) in [6.07, 6.45) is 2.98. The zero-order valence-electron chi connectivity index (χ0n) is 10.7. The lowest BCUT2D eigenvalue weighted by molar-refractivity contribution is 0.100. The van der Waals surface area contributed by atoms with Crippen LogP contribution in [0.2, 0.25) is 5.02 Å². The predicted octanol–water partition coefficient (Wildman–Crippen LogP) is 1.91. The predicted molar refractivity (Wildman–Crippen MR) is 74.6 cm³/mol. The number of carbonyl (C=O) groups is 1. The minimum Gasteiger partial charge on any atom is -0.366 e. The zero-order valence-corrected chi connectivity index (χ0v) is 11.5. The monoisotopic (exact) mass is 278 g/mol. The van der Waals surface area contributed by atoms with Crippen molar-refractivity contribution < 1.29 is 4.79 Å². The number of rotatable bonds is 4. The summed E-state index contributed by atoms with van der Waals surface area (Å²) in [6, 6.07) is 5.92. The standard InChI is InChI=1S/C13H15ClN4O/c1-8(16-2)9-3-4-12(11(14)5-9)18-7-10(6-17-18)13(15)19/h3-8,16H,1-2H3,(H2,15,19). The van der Waals surface area contributed by atoms with Crippen LogP contribution in [0.15, 0.2) is 30.6 Å². The van der Waals surface area contributed by atoms with Crippen LogP contribution in [0.5, 0.6) is 0 Å². The maximum absolute atomic E-state index is 11.0. The summed E-state index contributed by atoms with van der Waals surface area (Å²) < 4.78 is 1.54. The van der Waals surface area contributed by atoms with E-state index >= 15 is 0 Å². The van der Waals surface area contributed by atoms with E-state index in [-0.39, 0.29) is 6.04 Å². The molecule has 0 aliphatic rings. The Morgan fingerprint density at radius 3 is 2.79 bits per heavy atom. The normalized spacial score (nSPS) is 12.4. The van der Waals surface area contributed by atoms with E-state index in [4.69, 9.17) is 17.3 Å². The molecule has 0 aliphatic carbocycles. The molecule has 100 valence electrons. The highest BCUT2D eigenvalue weighted by Gasteiger charge is 2.10. The highest BCUT2D eigenvalue weighted by Crippen LogP contribution is 2.24. The molecule has 2 aromatic rings. The van der Waals surface area contributed by atoms with Crippen molar-refractivity contribution in [3.8, 4) is 5.69 Å². The first-order valence-corrected chi connectivity index (χ1v) is 6.22. The van der Waals surface area contributed by atoms with Crippen molar-refractivity contribution in [1.29, 1.82) is 0 Å². The molecule has 1 atom stereocenters. The number of hydrogen-bond acceptors (Lipinski definition) is 3. The van der Waals surface area contributed by atoms with Gasteiger partial charge in [0.05, 0.1) is 22.5 Å². The summed E-state index contributed by atoms with van der Waals surface area (Å²) in [4.78, 5) is 11.0. The van der Waals surface area contributed by atoms with Crippen LogP contribution in [0.25, 0.3) is 5.69 Å². The molecule has 0 spiro atoms. The number of nitrogens with two attached hydrogens (primary N) is 1. The van der Waals surface area contributed by atoms with Crippen molar-refractivity contribution in [1.82, 2.24) is 15.1 Å². The molecule has 3 N–H and O–H groups in total. The summed E-state index contributed by atoms with van der Waals surface area (Å²) in [5, 5.41) is 7.79. The maximum atomic E-state index is 11.0. The second kappa shape index (κ2) is 5.42. The summed E-state index contributed by atoms with van der Waals surface area (Å²) in [5.74, 6) is -0.511. The largest absolute Gasteiger partial charge is 0.366 e. The lowest BCUT2D eigenvalue weighted by Crippen LogP contribution is -2.12. The lowest BCUT2D eigenvalue weighted by Gasteiger charge is -2.12. The Bertz CT molecular complexity index is 608. The van der Waals surface area contributed by atoms with Crippen LogP contribution in [0.4, 0.5) is 0 Å². The van der Waals surface area contributed by atoms with Crippen LogP contribution < -0.4 is 11.1 Å². The fraction of sp³-hybridized carbons (Fsp3) is 0.231. The molecule has 19 heavy (non-hydrogen) atoms. The molecule has 0 bridgehead atoms. The van der Waals surface area contributed by atoms with Crippen LogP contribution in [0.3, 0.4) is 0 Å². The van der Waals surface area contributed by atoms with Gasteiger partial charge in [0, 0.05) is 12.2 Å². The quantitative estimate of drug-likeness (QED) is 0.897. The molecule has 0 fully saturated rings. The molecule has 0 saturated heterocycles. The van der Waals surface area contributed by atoms with Crippen LogP contribution in [-0.4, -0.2) is 22.7 Å². The fourth-order valence-corrected chi connectivity index (χ4v) is 2.00. The van der Waals surface area contributed by atoms with E-state index in [0.29, 0.717) is 16.3 Å². The van der Waals surface area contributed by atoms with Gasteiger partial charge in [-0.25, -0.2) is 4.68 Å². The molecule has 1 aromatic heterocycles. The van der Waals surface area contributed by atoms with Crippen LogP contribution in [0, 0.1) is 0 Å². The minimum absolute atomic E-state index is 0.213. The van der Waals surface area contributed by atoms with E-state index in [1.807, 2.05) is 32.2 Å². The van der Waals surface area contributed by atoms with Crippen molar-refractivity contribution in [2.75, 3.05) is 7.05 Å². The molecule has 5 nitrogen and oxygen atoms in total. The van der Waals surface area contributed by atoms with Gasteiger partial charge >= 0.3 is 0 Å². The van der Waals surface area contributed by atoms with E-state index in [0.717, 1.165) is 5.56 Å². The molecular weight excluding hydrogens is 264 g/mol. The number of benzene rings is 1. The highest BCUT2D eigenvalue weighted by molar-refractivity contribution is 6.32. The van der Waals surface area contributed by atoms with Crippen molar-refractivity contribution in [3.05, 3.63) is 46.7 Å². The van der Waals surface area contributed by atoms with Gasteiger partial charge in [-0.05, 0) is 31.7 Å². The number of nitrogens with one attached hydrogen (secondary N) is 1. The second-order valence-electron chi connectivity index (χ2n) is 4.26. The average Bonchev–Trinajstić information content (AvgIpc) is 2.87. The Morgan fingerprint density at radius 1 is 1.53 bits per heavy atom. The van der Waals surface area contributed by atoms with Gasteiger partial charge in [0.2, 0.25) is 0 Å². The second-order valence-corrected chi connectivity index (χ2v) is 4.67. The Morgan fingerprint density at radius 2 is 2.26 bits per heavy atom. The van der Waals surface area contributed by atoms with Crippen LogP contribution >= 0.6 is 11.6 Å². The van der Waals surface area contributed by atoms with E-state index in [1.165, 1.54) is 10.9 Å². The van der Waals surface area contributed by atoms with E-state index < -0.39 is 5.91 Å². The Hall–Kier alpha value is -1.85. The molecular formula is C13H15ClN4O. The summed E-state index contributed by atoms with van der Waals surface area (Å²) >= 11 is 6.25. The highest BCUT2D eigenvalue weighted by atomic mass is 35.5. The molecule has 0 saturated carbocycles. The van der Waals surface area contributed by atoms with Crippen molar-refractivity contribution in [2.24, 2.45) is 5.73 Å². The van der Waals surface area contributed by atoms with Crippen molar-refractivity contribution >= 4 is 17.5 Å². The van der Waals surface area contributed by atoms with Crippen LogP contribution in [0.1, 0.15) is 28.9 Å². The van der Waals surface area contributed by atoms with Gasteiger partial charge in [0.15, 0.2) is 0 Å². The molecule has 1 unspecified atom stereocenters. The third kappa shape index (κ3) is 2.77. The molecule has 1 heterocycles. The topological polar surface area (TPSA) is 72.9 Å².